The molecule has 0 spiro atoms. The molecule has 0 saturated carbocycles. The van der Waals surface area contributed by atoms with Gasteiger partial charge in [-0.1, -0.05) is 0 Å². The third-order valence-electron chi connectivity index (χ3n) is 3.91. The standard InChI is InChI=1S/C12H17BrN2O2S2.ClH/c1-8-6-11(18-12(8)13)19(16,17)15-5-4-9-2-3-10(7-15)14-9;/h6,9-10,14H,2-5,7H2,1H3;1H. The lowest BCUT2D eigenvalue weighted by atomic mass is 10.1. The number of hydrogen-bond acceptors (Lipinski definition) is 4. The molecule has 2 bridgehead atoms. The second kappa shape index (κ2) is 6.22. The fourth-order valence-corrected chi connectivity index (χ4v) is 6.70. The minimum atomic E-state index is -3.33. The van der Waals surface area contributed by atoms with Crippen LogP contribution in [0.15, 0.2) is 14.1 Å². The van der Waals surface area contributed by atoms with Crippen LogP contribution in [0.3, 0.4) is 0 Å². The molecule has 4 nitrogen and oxygen atoms in total. The first-order chi connectivity index (χ1) is 8.96. The second-order valence-electron chi connectivity index (χ2n) is 5.31. The maximum atomic E-state index is 12.7. The van der Waals surface area contributed by atoms with Crippen molar-refractivity contribution in [3.8, 4) is 0 Å². The monoisotopic (exact) mass is 400 g/mol. The molecule has 2 atom stereocenters. The van der Waals surface area contributed by atoms with Crippen molar-refractivity contribution in [2.45, 2.75) is 42.5 Å². The molecule has 0 aliphatic carbocycles. The molecular formula is C12H18BrClN2O2S2. The third kappa shape index (κ3) is 3.08. The Morgan fingerprint density at radius 2 is 2.05 bits per heavy atom. The van der Waals surface area contributed by atoms with Crippen molar-refractivity contribution in [3.63, 3.8) is 0 Å². The number of halogens is 2. The van der Waals surface area contributed by atoms with E-state index in [0.717, 1.165) is 22.2 Å². The summed E-state index contributed by atoms with van der Waals surface area (Å²) in [5.74, 6) is 0. The number of hydrogen-bond donors (Lipinski definition) is 1. The molecular weight excluding hydrogens is 384 g/mol. The molecule has 1 aromatic heterocycles. The van der Waals surface area contributed by atoms with Crippen molar-refractivity contribution in [1.29, 1.82) is 0 Å². The van der Waals surface area contributed by atoms with Gasteiger partial charge in [-0.3, -0.25) is 0 Å². The first-order valence-electron chi connectivity index (χ1n) is 6.49. The van der Waals surface area contributed by atoms with E-state index in [0.29, 0.717) is 29.4 Å². The van der Waals surface area contributed by atoms with Gasteiger partial charge in [0.15, 0.2) is 0 Å². The number of aryl methyl sites for hydroxylation is 1. The summed E-state index contributed by atoms with van der Waals surface area (Å²) in [6, 6.07) is 2.59. The molecule has 1 N–H and O–H groups in total. The van der Waals surface area contributed by atoms with Crippen molar-refractivity contribution < 1.29 is 8.42 Å². The van der Waals surface area contributed by atoms with Crippen LogP contribution in [-0.2, 0) is 10.0 Å². The molecule has 2 saturated heterocycles. The highest BCUT2D eigenvalue weighted by Gasteiger charge is 2.35. The Morgan fingerprint density at radius 1 is 1.35 bits per heavy atom. The number of sulfonamides is 1. The van der Waals surface area contributed by atoms with Gasteiger partial charge in [0.05, 0.1) is 3.79 Å². The molecule has 2 unspecified atom stereocenters. The zero-order valence-corrected chi connectivity index (χ0v) is 15.2. The average Bonchev–Trinajstić information content (AvgIpc) is 2.83. The van der Waals surface area contributed by atoms with Crippen molar-refractivity contribution in [3.05, 3.63) is 15.4 Å². The maximum absolute atomic E-state index is 12.7. The molecule has 0 radical (unpaired) electrons. The molecule has 3 rings (SSSR count). The van der Waals surface area contributed by atoms with E-state index >= 15 is 0 Å². The Balaban J connectivity index is 0.00000147. The predicted molar refractivity (Wildman–Crippen MR) is 87.3 cm³/mol. The lowest BCUT2D eigenvalue weighted by molar-refractivity contribution is 0.384. The minimum absolute atomic E-state index is 0. The van der Waals surface area contributed by atoms with Crippen LogP contribution in [0.25, 0.3) is 0 Å². The van der Waals surface area contributed by atoms with Crippen molar-refractivity contribution in [2.75, 3.05) is 13.1 Å². The predicted octanol–water partition coefficient (Wildman–Crippen LogP) is 2.76. The van der Waals surface area contributed by atoms with Gasteiger partial charge in [-0.15, -0.1) is 23.7 Å². The summed E-state index contributed by atoms with van der Waals surface area (Å²) in [5.41, 5.74) is 0.984. The molecule has 8 heteroatoms. The van der Waals surface area contributed by atoms with Gasteiger partial charge in [-0.2, -0.15) is 4.31 Å². The summed E-state index contributed by atoms with van der Waals surface area (Å²) in [6.07, 6.45) is 3.19. The summed E-state index contributed by atoms with van der Waals surface area (Å²) in [7, 11) is -3.33. The second-order valence-corrected chi connectivity index (χ2v) is 9.85. The summed E-state index contributed by atoms with van der Waals surface area (Å²) in [5, 5.41) is 3.51. The van der Waals surface area contributed by atoms with Gasteiger partial charge in [-0.25, -0.2) is 8.42 Å². The van der Waals surface area contributed by atoms with Crippen LogP contribution in [0.1, 0.15) is 24.8 Å². The summed E-state index contributed by atoms with van der Waals surface area (Å²) >= 11 is 4.71. The largest absolute Gasteiger partial charge is 0.310 e. The molecule has 2 fully saturated rings. The number of rotatable bonds is 2. The maximum Gasteiger partial charge on any atom is 0.252 e. The molecule has 2 aliphatic rings. The quantitative estimate of drug-likeness (QED) is 0.829. The van der Waals surface area contributed by atoms with E-state index in [1.807, 2.05) is 6.92 Å². The highest BCUT2D eigenvalue weighted by atomic mass is 79.9. The SMILES string of the molecule is Cc1cc(S(=O)(=O)N2CCC3CCC(C2)N3)sc1Br.Cl. The molecule has 0 aromatic carbocycles. The van der Waals surface area contributed by atoms with Crippen LogP contribution >= 0.6 is 39.7 Å². The summed E-state index contributed by atoms with van der Waals surface area (Å²) in [6.45, 7) is 3.16. The summed E-state index contributed by atoms with van der Waals surface area (Å²) in [4.78, 5) is 0. The lowest BCUT2D eigenvalue weighted by Gasteiger charge is -2.22. The zero-order valence-electron chi connectivity index (χ0n) is 11.1. The Morgan fingerprint density at radius 3 is 2.70 bits per heavy atom. The van der Waals surface area contributed by atoms with Crippen LogP contribution in [0.2, 0.25) is 0 Å². The number of nitrogens with zero attached hydrogens (tertiary/aromatic N) is 1. The molecule has 114 valence electrons. The van der Waals surface area contributed by atoms with Crippen LogP contribution in [0.4, 0.5) is 0 Å². The van der Waals surface area contributed by atoms with E-state index in [-0.39, 0.29) is 12.4 Å². The van der Waals surface area contributed by atoms with E-state index < -0.39 is 10.0 Å². The topological polar surface area (TPSA) is 49.4 Å². The first kappa shape index (κ1) is 16.7. The Kier molecular flexibility index (Phi) is 5.20. The fourth-order valence-electron chi connectivity index (χ4n) is 2.82. The van der Waals surface area contributed by atoms with Gasteiger partial charge in [-0.05, 0) is 53.7 Å². The van der Waals surface area contributed by atoms with Gasteiger partial charge in [0, 0.05) is 25.2 Å². The van der Waals surface area contributed by atoms with Crippen LogP contribution in [0, 0.1) is 6.92 Å². The average molecular weight is 402 g/mol. The van der Waals surface area contributed by atoms with E-state index in [1.165, 1.54) is 17.8 Å². The normalized spacial score (nSPS) is 27.1. The molecule has 3 heterocycles. The Bertz CT molecular complexity index is 571. The van der Waals surface area contributed by atoms with E-state index in [4.69, 9.17) is 0 Å². The van der Waals surface area contributed by atoms with Gasteiger partial charge in [0.1, 0.15) is 4.21 Å². The van der Waals surface area contributed by atoms with E-state index in [2.05, 4.69) is 21.2 Å². The number of fused-ring (bicyclic) bond motifs is 2. The van der Waals surface area contributed by atoms with Gasteiger partial charge >= 0.3 is 0 Å². The van der Waals surface area contributed by atoms with Gasteiger partial charge in [0.25, 0.3) is 10.0 Å². The van der Waals surface area contributed by atoms with E-state index in [1.54, 1.807) is 10.4 Å². The molecule has 0 amide bonds. The highest BCUT2D eigenvalue weighted by Crippen LogP contribution is 2.33. The van der Waals surface area contributed by atoms with E-state index in [9.17, 15) is 8.42 Å². The van der Waals surface area contributed by atoms with Crippen LogP contribution < -0.4 is 5.32 Å². The Hall–Kier alpha value is 0.340. The first-order valence-corrected chi connectivity index (χ1v) is 9.54. The van der Waals surface area contributed by atoms with Crippen LogP contribution in [0.5, 0.6) is 0 Å². The lowest BCUT2D eigenvalue weighted by Crippen LogP contribution is -2.38. The van der Waals surface area contributed by atoms with Crippen molar-refractivity contribution >= 4 is 49.7 Å². The summed E-state index contributed by atoms with van der Waals surface area (Å²) < 4.78 is 28.4. The van der Waals surface area contributed by atoms with Gasteiger partial charge in [0.2, 0.25) is 0 Å². The molecule has 20 heavy (non-hydrogen) atoms. The van der Waals surface area contributed by atoms with Crippen molar-refractivity contribution in [2.24, 2.45) is 0 Å². The highest BCUT2D eigenvalue weighted by molar-refractivity contribution is 9.11. The number of nitrogens with one attached hydrogen (secondary N) is 1. The fraction of sp³-hybridized carbons (Fsp3) is 0.667. The zero-order chi connectivity index (χ0) is 13.6. The van der Waals surface area contributed by atoms with Crippen molar-refractivity contribution in [1.82, 2.24) is 9.62 Å². The smallest absolute Gasteiger partial charge is 0.252 e. The van der Waals surface area contributed by atoms with Gasteiger partial charge < -0.3 is 5.32 Å². The van der Waals surface area contributed by atoms with Crippen LogP contribution in [-0.4, -0.2) is 37.9 Å². The minimum Gasteiger partial charge on any atom is -0.310 e. The third-order valence-corrected chi connectivity index (χ3v) is 8.37. The molecule has 1 aromatic rings. The Labute approximate surface area is 138 Å². The molecule has 2 aliphatic heterocycles. The number of thiophene rings is 1.